The molecular weight excluding hydrogens is 492 g/mol. The highest BCUT2D eigenvalue weighted by Crippen LogP contribution is 2.27. The first kappa shape index (κ1) is 26.1. The molecule has 0 unspecified atom stereocenters. The minimum absolute atomic E-state index is 0.0153. The molecule has 1 aliphatic heterocycles. The number of thioether (sulfide) groups is 1. The Bertz CT molecular complexity index is 1140. The number of halogens is 2. The van der Waals surface area contributed by atoms with Crippen LogP contribution in [0.2, 0.25) is 0 Å². The zero-order valence-electron chi connectivity index (χ0n) is 18.7. The van der Waals surface area contributed by atoms with Crippen LogP contribution in [-0.4, -0.2) is 65.0 Å². The van der Waals surface area contributed by atoms with Gasteiger partial charge in [0.05, 0.1) is 0 Å². The molecule has 1 aromatic heterocycles. The predicted molar refractivity (Wildman–Crippen MR) is 122 cm³/mol. The maximum atomic E-state index is 14.0. The van der Waals surface area contributed by atoms with Crippen molar-refractivity contribution < 1.29 is 31.8 Å². The first-order chi connectivity index (χ1) is 15.9. The Morgan fingerprint density at radius 3 is 2.65 bits per heavy atom. The highest BCUT2D eigenvalue weighted by molar-refractivity contribution is 7.98. The molecule has 0 amide bonds. The van der Waals surface area contributed by atoms with Crippen LogP contribution in [0.25, 0.3) is 0 Å². The highest BCUT2D eigenvalue weighted by Gasteiger charge is 2.30. The van der Waals surface area contributed by atoms with Crippen molar-refractivity contribution in [2.75, 3.05) is 17.8 Å². The summed E-state index contributed by atoms with van der Waals surface area (Å²) < 4.78 is 62.3. The van der Waals surface area contributed by atoms with Crippen molar-refractivity contribution in [3.63, 3.8) is 0 Å². The first-order valence-electron chi connectivity index (χ1n) is 10.3. The van der Waals surface area contributed by atoms with Crippen LogP contribution in [0.15, 0.2) is 29.4 Å². The monoisotopic (exact) mass is 517 g/mol. The Balaban J connectivity index is 1.86. The number of nitrogens with one attached hydrogen (secondary N) is 2. The second-order valence-electron chi connectivity index (χ2n) is 7.87. The van der Waals surface area contributed by atoms with Gasteiger partial charge in [-0.25, -0.2) is 18.6 Å². The normalized spacial score (nSPS) is 20.0. The van der Waals surface area contributed by atoms with Gasteiger partial charge in [-0.3, -0.25) is 4.72 Å². The van der Waals surface area contributed by atoms with E-state index in [1.165, 1.54) is 29.4 Å². The van der Waals surface area contributed by atoms with E-state index >= 15 is 0 Å². The molecule has 1 aromatic carbocycles. The van der Waals surface area contributed by atoms with E-state index in [4.69, 9.17) is 9.84 Å². The van der Waals surface area contributed by atoms with E-state index in [1.807, 2.05) is 13.8 Å². The number of anilines is 1. The van der Waals surface area contributed by atoms with Gasteiger partial charge in [-0.1, -0.05) is 23.9 Å². The van der Waals surface area contributed by atoms with Crippen LogP contribution in [0.3, 0.4) is 0 Å². The maximum absolute atomic E-state index is 14.0. The second-order valence-corrected chi connectivity index (χ2v) is 10.5. The smallest absolute Gasteiger partial charge is 0.344 e. The third-order valence-corrected chi connectivity index (χ3v) is 7.15. The molecule has 0 spiro atoms. The number of ether oxygens (including phenoxy) is 1. The molecule has 2 heterocycles. The predicted octanol–water partition coefficient (Wildman–Crippen LogP) is 2.24. The van der Waals surface area contributed by atoms with Crippen LogP contribution >= 0.6 is 11.8 Å². The lowest BCUT2D eigenvalue weighted by molar-refractivity contribution is -0.144. The van der Waals surface area contributed by atoms with Crippen LogP contribution in [0, 0.1) is 11.6 Å². The molecule has 3 atom stereocenters. The molecule has 3 N–H and O–H groups in total. The average molecular weight is 518 g/mol. The number of rotatable bonds is 9. The Hall–Kier alpha value is -2.55. The van der Waals surface area contributed by atoms with Gasteiger partial charge in [0, 0.05) is 42.6 Å². The van der Waals surface area contributed by atoms with Crippen LogP contribution < -0.4 is 14.8 Å². The number of aromatic nitrogens is 2. The topological polar surface area (TPSA) is 134 Å². The number of piperazine rings is 1. The zero-order chi connectivity index (χ0) is 25.0. The molecule has 0 aliphatic carbocycles. The first-order valence-corrected chi connectivity index (χ1v) is 12.8. The summed E-state index contributed by atoms with van der Waals surface area (Å²) in [7, 11) is -4.00. The van der Waals surface area contributed by atoms with Crippen molar-refractivity contribution in [2.45, 2.75) is 49.9 Å². The van der Waals surface area contributed by atoms with Gasteiger partial charge in [-0.2, -0.15) is 17.7 Å². The summed E-state index contributed by atoms with van der Waals surface area (Å²) in [5, 5.41) is 12.3. The molecule has 3 rings (SSSR count). The second kappa shape index (κ2) is 10.8. The number of benzene rings is 1. The zero-order valence-corrected chi connectivity index (χ0v) is 20.3. The number of carboxylic acid groups (broad SMARTS) is 1. The molecule has 0 bridgehead atoms. The summed E-state index contributed by atoms with van der Waals surface area (Å²) in [5.74, 6) is -3.65. The third kappa shape index (κ3) is 6.74. The molecule has 10 nitrogen and oxygen atoms in total. The van der Waals surface area contributed by atoms with Crippen molar-refractivity contribution in [1.29, 1.82) is 0 Å². The Labute approximate surface area is 200 Å². The van der Waals surface area contributed by atoms with E-state index in [-0.39, 0.29) is 53.3 Å². The van der Waals surface area contributed by atoms with Crippen LogP contribution in [0.4, 0.5) is 14.6 Å². The lowest BCUT2D eigenvalue weighted by Crippen LogP contribution is -2.56. The molecule has 14 heteroatoms. The van der Waals surface area contributed by atoms with Gasteiger partial charge in [0.1, 0.15) is 5.82 Å². The number of aliphatic carboxylic acids is 1. The van der Waals surface area contributed by atoms with E-state index in [9.17, 15) is 22.0 Å². The highest BCUT2D eigenvalue weighted by atomic mass is 32.2. The van der Waals surface area contributed by atoms with Gasteiger partial charge in [-0.15, -0.1) is 0 Å². The van der Waals surface area contributed by atoms with Crippen LogP contribution in [-0.2, 0) is 20.8 Å². The largest absolute Gasteiger partial charge is 0.479 e. The fraction of sp³-hybridized carbons (Fsp3) is 0.450. The van der Waals surface area contributed by atoms with E-state index in [1.54, 1.807) is 0 Å². The number of nitrogens with zero attached hydrogens (tertiary/aromatic N) is 3. The summed E-state index contributed by atoms with van der Waals surface area (Å²) in [5.41, 5.74) is 0.0600. The molecule has 2 aromatic rings. The summed E-state index contributed by atoms with van der Waals surface area (Å²) in [4.78, 5) is 19.4. The molecule has 34 heavy (non-hydrogen) atoms. The van der Waals surface area contributed by atoms with Gasteiger partial charge in [-0.05, 0) is 26.8 Å². The molecule has 0 radical (unpaired) electrons. The summed E-state index contributed by atoms with van der Waals surface area (Å²) in [6.07, 6.45) is -1.27. The van der Waals surface area contributed by atoms with E-state index in [0.717, 1.165) is 17.8 Å². The van der Waals surface area contributed by atoms with Crippen molar-refractivity contribution in [2.24, 2.45) is 0 Å². The molecule has 1 saturated heterocycles. The number of hydrogen-bond donors (Lipinski definition) is 3. The molecular formula is C20H25F2N5O5S2. The van der Waals surface area contributed by atoms with E-state index < -0.39 is 33.9 Å². The summed E-state index contributed by atoms with van der Waals surface area (Å²) in [6, 6.07) is 4.79. The lowest BCUT2D eigenvalue weighted by atomic mass is 10.2. The number of carboxylic acids is 1. The van der Waals surface area contributed by atoms with Gasteiger partial charge in [0.2, 0.25) is 5.88 Å². The number of carbonyl (C=O) groups is 1. The Kier molecular flexibility index (Phi) is 8.28. The molecule has 186 valence electrons. The Morgan fingerprint density at radius 1 is 1.32 bits per heavy atom. The van der Waals surface area contributed by atoms with Crippen molar-refractivity contribution in [3.05, 3.63) is 41.5 Å². The fourth-order valence-electron chi connectivity index (χ4n) is 3.28. The maximum Gasteiger partial charge on any atom is 0.344 e. The summed E-state index contributed by atoms with van der Waals surface area (Å²) >= 11 is 0.908. The standard InChI is InChI=1S/C20H25F2N5O5S2/c1-11-8-27(9-12(2)23-11)34(30,31)26-16-7-17(32-13(3)19(28)29)25-20(24-16)33-10-14-5-4-6-15(21)18(14)22/h4-7,11-13,23H,8-10H2,1-3H3,(H,28,29)(H,24,25,26)/t11-,12+,13-/m1/s1. The minimum Gasteiger partial charge on any atom is -0.479 e. The van der Waals surface area contributed by atoms with Gasteiger partial charge in [0.25, 0.3) is 0 Å². The van der Waals surface area contributed by atoms with Crippen molar-refractivity contribution in [1.82, 2.24) is 19.6 Å². The van der Waals surface area contributed by atoms with Crippen molar-refractivity contribution in [3.8, 4) is 5.88 Å². The fourth-order valence-corrected chi connectivity index (χ4v) is 5.45. The average Bonchev–Trinajstić information content (AvgIpc) is 2.73. The van der Waals surface area contributed by atoms with Crippen molar-refractivity contribution >= 4 is 33.8 Å². The van der Waals surface area contributed by atoms with Crippen LogP contribution in [0.1, 0.15) is 26.3 Å². The van der Waals surface area contributed by atoms with Gasteiger partial charge >= 0.3 is 16.2 Å². The summed E-state index contributed by atoms with van der Waals surface area (Å²) in [6.45, 7) is 5.49. The quantitative estimate of drug-likeness (QED) is 0.338. The Morgan fingerprint density at radius 2 is 2.00 bits per heavy atom. The van der Waals surface area contributed by atoms with Gasteiger partial charge < -0.3 is 15.2 Å². The lowest BCUT2D eigenvalue weighted by Gasteiger charge is -2.35. The molecule has 1 fully saturated rings. The SMILES string of the molecule is C[C@@H]1CN(S(=O)(=O)Nc2cc(O[C@H](C)C(=O)O)nc(SCc3cccc(F)c3F)n2)C[C@H](C)N1. The van der Waals surface area contributed by atoms with E-state index in [0.29, 0.717) is 0 Å². The number of hydrogen-bond acceptors (Lipinski definition) is 8. The van der Waals surface area contributed by atoms with Crippen LogP contribution in [0.5, 0.6) is 5.88 Å². The molecule has 1 aliphatic rings. The third-order valence-electron chi connectivity index (χ3n) is 4.81. The van der Waals surface area contributed by atoms with Gasteiger partial charge in [0.15, 0.2) is 22.9 Å². The van der Waals surface area contributed by atoms with E-state index in [2.05, 4.69) is 20.0 Å². The minimum atomic E-state index is -4.00. The molecule has 0 saturated carbocycles.